The molecule has 2 N–H and O–H groups in total. The van der Waals surface area contributed by atoms with E-state index in [1.807, 2.05) is 0 Å². The zero-order chi connectivity index (χ0) is 19.4. The van der Waals surface area contributed by atoms with Gasteiger partial charge in [0.05, 0.1) is 25.6 Å². The topological polar surface area (TPSA) is 57.3 Å². The third-order valence-corrected chi connectivity index (χ3v) is 6.51. The second-order valence-corrected chi connectivity index (χ2v) is 8.74. The van der Waals surface area contributed by atoms with Crippen molar-refractivity contribution in [3.05, 3.63) is 50.9 Å². The molecule has 0 saturated heterocycles. The van der Waals surface area contributed by atoms with Crippen LogP contribution in [0.1, 0.15) is 52.0 Å². The summed E-state index contributed by atoms with van der Waals surface area (Å²) in [7, 11) is 2.12. The predicted molar refractivity (Wildman–Crippen MR) is 110 cm³/mol. The number of carbonyl (C=O) groups is 1. The molecule has 4 nitrogen and oxygen atoms in total. The smallest absolute Gasteiger partial charge is 0.230 e. The average molecular weight is 383 g/mol. The lowest BCUT2D eigenvalue weighted by atomic mass is 9.96. The van der Waals surface area contributed by atoms with Gasteiger partial charge in [-0.25, -0.2) is 0 Å². The van der Waals surface area contributed by atoms with Crippen molar-refractivity contribution in [3.8, 4) is 6.07 Å². The van der Waals surface area contributed by atoms with Crippen LogP contribution in [-0.4, -0.2) is 19.5 Å². The van der Waals surface area contributed by atoms with E-state index >= 15 is 0 Å². The largest absolute Gasteiger partial charge is 0.333 e. The van der Waals surface area contributed by atoms with Crippen LogP contribution in [0.2, 0.25) is 0 Å². The number of aryl methyl sites for hydroxylation is 3. The zero-order valence-corrected chi connectivity index (χ0v) is 17.3. The van der Waals surface area contributed by atoms with E-state index in [1.165, 1.54) is 38.5 Å². The number of hydrogen-bond donors (Lipinski definition) is 2. The fourth-order valence-corrected chi connectivity index (χ4v) is 5.00. The summed E-state index contributed by atoms with van der Waals surface area (Å²) in [5, 5.41) is 13.3. The molecule has 0 bridgehead atoms. The minimum absolute atomic E-state index is 0.00470. The van der Waals surface area contributed by atoms with Crippen LogP contribution >= 0.6 is 11.3 Å². The summed E-state index contributed by atoms with van der Waals surface area (Å²) in [5.74, 6) is 0.00470. The quantitative estimate of drug-likeness (QED) is 0.806. The Morgan fingerprint density at radius 2 is 2.07 bits per heavy atom. The van der Waals surface area contributed by atoms with Gasteiger partial charge in [0, 0.05) is 10.4 Å². The number of benzene rings is 1. The van der Waals surface area contributed by atoms with Gasteiger partial charge in [0.2, 0.25) is 5.91 Å². The molecule has 27 heavy (non-hydrogen) atoms. The van der Waals surface area contributed by atoms with Crippen molar-refractivity contribution < 1.29 is 9.69 Å². The van der Waals surface area contributed by atoms with E-state index in [4.69, 9.17) is 0 Å². The lowest BCUT2D eigenvalue weighted by Gasteiger charge is -2.15. The molecule has 0 radical (unpaired) electrons. The van der Waals surface area contributed by atoms with Gasteiger partial charge in [-0.2, -0.15) is 5.26 Å². The van der Waals surface area contributed by atoms with E-state index in [-0.39, 0.29) is 5.91 Å². The Labute approximate surface area is 165 Å². The number of thiophene rings is 1. The fraction of sp³-hybridized carbons (Fsp3) is 0.455. The molecule has 0 fully saturated rings. The van der Waals surface area contributed by atoms with Gasteiger partial charge in [0.25, 0.3) is 0 Å². The summed E-state index contributed by atoms with van der Waals surface area (Å²) in [4.78, 5) is 15.0. The van der Waals surface area contributed by atoms with Crippen LogP contribution in [0.5, 0.6) is 0 Å². The summed E-state index contributed by atoms with van der Waals surface area (Å²) in [5.41, 5.74) is 5.78. The number of hydrogen-bond acceptors (Lipinski definition) is 3. The highest BCUT2D eigenvalue weighted by molar-refractivity contribution is 7.16. The third kappa shape index (κ3) is 4.77. The highest BCUT2D eigenvalue weighted by Gasteiger charge is 2.22. The van der Waals surface area contributed by atoms with E-state index < -0.39 is 0 Å². The Morgan fingerprint density at radius 1 is 1.30 bits per heavy atom. The molecule has 0 saturated carbocycles. The molecule has 1 aliphatic carbocycles. The zero-order valence-electron chi connectivity index (χ0n) is 16.4. The van der Waals surface area contributed by atoms with Crippen molar-refractivity contribution in [3.63, 3.8) is 0 Å². The first kappa shape index (κ1) is 19.6. The molecule has 1 aromatic heterocycles. The summed E-state index contributed by atoms with van der Waals surface area (Å²) in [6, 6.07) is 8.84. The van der Waals surface area contributed by atoms with Crippen LogP contribution in [0, 0.1) is 25.2 Å². The molecule has 0 aliphatic heterocycles. The van der Waals surface area contributed by atoms with Crippen molar-refractivity contribution in [2.75, 3.05) is 18.9 Å². The van der Waals surface area contributed by atoms with Crippen molar-refractivity contribution in [2.45, 2.75) is 52.5 Å². The number of quaternary nitrogens is 1. The predicted octanol–water partition coefficient (Wildman–Crippen LogP) is 3.16. The number of carbonyl (C=O) groups excluding carboxylic acids is 1. The van der Waals surface area contributed by atoms with Gasteiger partial charge in [-0.15, -0.1) is 11.3 Å². The van der Waals surface area contributed by atoms with E-state index in [2.05, 4.69) is 50.5 Å². The van der Waals surface area contributed by atoms with Gasteiger partial charge in [-0.3, -0.25) is 4.79 Å². The maximum absolute atomic E-state index is 12.4. The first-order valence-electron chi connectivity index (χ1n) is 9.70. The second kappa shape index (κ2) is 8.69. The van der Waals surface area contributed by atoms with Crippen LogP contribution in [0.25, 0.3) is 0 Å². The van der Waals surface area contributed by atoms with Gasteiger partial charge < -0.3 is 10.2 Å². The van der Waals surface area contributed by atoms with Crippen LogP contribution in [-0.2, 0) is 24.2 Å². The Balaban J connectivity index is 1.55. The lowest BCUT2D eigenvalue weighted by molar-refractivity contribution is -0.893. The molecule has 0 spiro atoms. The van der Waals surface area contributed by atoms with Crippen molar-refractivity contribution in [1.29, 1.82) is 5.26 Å². The molecular weight excluding hydrogens is 354 g/mol. The number of rotatable bonds is 6. The Hall–Kier alpha value is -2.16. The van der Waals surface area contributed by atoms with Crippen LogP contribution in [0.4, 0.5) is 5.00 Å². The second-order valence-electron chi connectivity index (χ2n) is 7.64. The summed E-state index contributed by atoms with van der Waals surface area (Å²) in [6.07, 6.45) is 4.78. The number of nitriles is 1. The molecule has 1 aromatic carbocycles. The van der Waals surface area contributed by atoms with Gasteiger partial charge >= 0.3 is 0 Å². The van der Waals surface area contributed by atoms with Gasteiger partial charge in [0.15, 0.2) is 0 Å². The highest BCUT2D eigenvalue weighted by atomic mass is 32.1. The number of anilines is 1. The van der Waals surface area contributed by atoms with Crippen LogP contribution < -0.4 is 10.2 Å². The molecule has 1 amide bonds. The van der Waals surface area contributed by atoms with Crippen molar-refractivity contribution in [1.82, 2.24) is 0 Å². The summed E-state index contributed by atoms with van der Waals surface area (Å²) < 4.78 is 0. The van der Waals surface area contributed by atoms with Gasteiger partial charge in [-0.1, -0.05) is 23.8 Å². The van der Waals surface area contributed by atoms with E-state index in [0.29, 0.717) is 12.0 Å². The molecule has 5 heteroatoms. The molecule has 2 aromatic rings. The maximum atomic E-state index is 12.4. The SMILES string of the molecule is Cc1ccc(C[NH+](C)CCC(=O)Nc2sc3c(c2C#N)CCCC3)c(C)c1. The number of nitrogens with zero attached hydrogens (tertiary/aromatic N) is 1. The highest BCUT2D eigenvalue weighted by Crippen LogP contribution is 2.37. The number of nitrogens with one attached hydrogen (secondary N) is 2. The standard InChI is InChI=1S/C22H27N3OS/c1-15-8-9-17(16(2)12-15)14-25(3)11-10-21(26)24-22-19(13-23)18-6-4-5-7-20(18)27-22/h8-9,12H,4-7,10-11,14H2,1-3H3,(H,24,26)/p+1. The summed E-state index contributed by atoms with van der Waals surface area (Å²) >= 11 is 1.59. The fourth-order valence-electron chi connectivity index (χ4n) is 3.75. The molecule has 3 rings (SSSR count). The Morgan fingerprint density at radius 3 is 2.81 bits per heavy atom. The first-order valence-corrected chi connectivity index (χ1v) is 10.5. The van der Waals surface area contributed by atoms with Crippen LogP contribution in [0.15, 0.2) is 18.2 Å². The number of fused-ring (bicyclic) bond motifs is 1. The van der Waals surface area contributed by atoms with Gasteiger partial charge in [-0.05, 0) is 50.7 Å². The first-order chi connectivity index (χ1) is 13.0. The Kier molecular flexibility index (Phi) is 6.30. The third-order valence-electron chi connectivity index (χ3n) is 5.31. The molecule has 1 unspecified atom stereocenters. The van der Waals surface area contributed by atoms with E-state index in [9.17, 15) is 10.1 Å². The molecule has 142 valence electrons. The van der Waals surface area contributed by atoms with Gasteiger partial charge in [0.1, 0.15) is 17.6 Å². The van der Waals surface area contributed by atoms with Crippen molar-refractivity contribution in [2.24, 2.45) is 0 Å². The van der Waals surface area contributed by atoms with E-state index in [1.54, 1.807) is 11.3 Å². The Bertz CT molecular complexity index is 878. The molecule has 1 heterocycles. The number of amides is 1. The lowest BCUT2D eigenvalue weighted by Crippen LogP contribution is -3.07. The summed E-state index contributed by atoms with van der Waals surface area (Å²) in [6.45, 7) is 5.93. The monoisotopic (exact) mass is 382 g/mol. The molecule has 1 aliphatic rings. The maximum Gasteiger partial charge on any atom is 0.230 e. The minimum Gasteiger partial charge on any atom is -0.333 e. The minimum atomic E-state index is 0.00470. The van der Waals surface area contributed by atoms with E-state index in [0.717, 1.165) is 37.4 Å². The average Bonchev–Trinajstić information content (AvgIpc) is 2.99. The molecular formula is C22H28N3OS+. The van der Waals surface area contributed by atoms with Crippen molar-refractivity contribution >= 4 is 22.2 Å². The molecule has 1 atom stereocenters. The van der Waals surface area contributed by atoms with Crippen LogP contribution in [0.3, 0.4) is 0 Å². The normalized spacial score (nSPS) is 14.3.